The van der Waals surface area contributed by atoms with Gasteiger partial charge < -0.3 is 19.9 Å². The zero-order valence-electron chi connectivity index (χ0n) is 19.8. The Balaban J connectivity index is 1.45. The van der Waals surface area contributed by atoms with Crippen LogP contribution in [0.25, 0.3) is 16.6 Å². The number of pyridine rings is 3. The van der Waals surface area contributed by atoms with Gasteiger partial charge in [0, 0.05) is 49.7 Å². The summed E-state index contributed by atoms with van der Waals surface area (Å²) in [6, 6.07) is 11.4. The summed E-state index contributed by atoms with van der Waals surface area (Å²) in [5.74, 6) is 1.87. The van der Waals surface area contributed by atoms with Gasteiger partial charge in [0.05, 0.1) is 12.4 Å². The third kappa shape index (κ3) is 4.73. The zero-order chi connectivity index (χ0) is 25.1. The number of anilines is 2. The molecule has 5 rings (SSSR count). The molecular formula is C26H24N8O2. The van der Waals surface area contributed by atoms with Gasteiger partial charge in [-0.05, 0) is 43.5 Å². The van der Waals surface area contributed by atoms with Gasteiger partial charge in [0.1, 0.15) is 34.5 Å². The molecule has 10 nitrogen and oxygen atoms in total. The lowest BCUT2D eigenvalue weighted by molar-refractivity contribution is -0.111. The van der Waals surface area contributed by atoms with Gasteiger partial charge in [0.2, 0.25) is 5.91 Å². The number of hydrogen-bond donors (Lipinski definition) is 1. The fraction of sp³-hybridized carbons (Fsp3) is 0.192. The molecular weight excluding hydrogens is 456 g/mol. The van der Waals surface area contributed by atoms with Crippen LogP contribution in [0.4, 0.5) is 11.6 Å². The number of rotatable bonds is 6. The molecule has 0 bridgehead atoms. The SMILES string of the molecule is C=CC(=O)Nc1ccc(Oc2cc(-c3ccc(N4CCN(C)CC4)nc3)cn3ncc(C#N)c23)cn1. The minimum absolute atomic E-state index is 0.351. The van der Waals surface area contributed by atoms with E-state index in [4.69, 9.17) is 9.72 Å². The molecule has 0 spiro atoms. The minimum Gasteiger partial charge on any atom is -0.453 e. The molecule has 0 unspecified atom stereocenters. The van der Waals surface area contributed by atoms with Gasteiger partial charge in [-0.2, -0.15) is 10.4 Å². The number of nitrogens with one attached hydrogen (secondary N) is 1. The smallest absolute Gasteiger partial charge is 0.248 e. The van der Waals surface area contributed by atoms with Crippen LogP contribution in [0.2, 0.25) is 0 Å². The Labute approximate surface area is 208 Å². The number of nitriles is 1. The van der Waals surface area contributed by atoms with Crippen LogP contribution in [-0.2, 0) is 4.79 Å². The second kappa shape index (κ2) is 9.85. The summed E-state index contributed by atoms with van der Waals surface area (Å²) < 4.78 is 7.76. The molecule has 1 aliphatic rings. The molecule has 1 amide bonds. The minimum atomic E-state index is -0.351. The molecule has 10 heteroatoms. The Morgan fingerprint density at radius 3 is 2.61 bits per heavy atom. The highest BCUT2D eigenvalue weighted by Crippen LogP contribution is 2.33. The highest BCUT2D eigenvalue weighted by atomic mass is 16.5. The number of likely N-dealkylation sites (N-methyl/N-ethyl adjacent to an activating group) is 1. The molecule has 36 heavy (non-hydrogen) atoms. The molecule has 1 saturated heterocycles. The van der Waals surface area contributed by atoms with Crippen molar-refractivity contribution in [3.05, 3.63) is 73.3 Å². The van der Waals surface area contributed by atoms with Crippen LogP contribution in [0.5, 0.6) is 11.5 Å². The first-order chi connectivity index (χ1) is 17.5. The standard InChI is InChI=1S/C26H24N8O2/c1-3-25(35)31-23-6-5-21(16-28-23)36-22-12-19(17-34-26(22)20(13-27)15-30-34)18-4-7-24(29-14-18)33-10-8-32(2)9-11-33/h3-7,12,14-17H,1,8-11H2,2H3,(H,28,31,35). The summed E-state index contributed by atoms with van der Waals surface area (Å²) in [7, 11) is 2.13. The van der Waals surface area contributed by atoms with Crippen LogP contribution in [-0.4, -0.2) is 63.6 Å². The van der Waals surface area contributed by atoms with Crippen LogP contribution in [0.3, 0.4) is 0 Å². The summed E-state index contributed by atoms with van der Waals surface area (Å²) in [5, 5.41) is 16.5. The number of aromatic nitrogens is 4. The summed E-state index contributed by atoms with van der Waals surface area (Å²) in [4.78, 5) is 25.0. The molecule has 180 valence electrons. The first-order valence-corrected chi connectivity index (χ1v) is 11.4. The zero-order valence-corrected chi connectivity index (χ0v) is 19.8. The lowest BCUT2D eigenvalue weighted by Crippen LogP contribution is -2.44. The van der Waals surface area contributed by atoms with Crippen molar-refractivity contribution in [2.45, 2.75) is 0 Å². The molecule has 5 heterocycles. The Bertz CT molecular complexity index is 1450. The van der Waals surface area contributed by atoms with Gasteiger partial charge >= 0.3 is 0 Å². The van der Waals surface area contributed by atoms with E-state index in [1.54, 1.807) is 16.6 Å². The molecule has 0 atom stereocenters. The maximum absolute atomic E-state index is 11.5. The van der Waals surface area contributed by atoms with Crippen molar-refractivity contribution < 1.29 is 9.53 Å². The Morgan fingerprint density at radius 1 is 1.11 bits per heavy atom. The molecule has 4 aromatic heterocycles. The fourth-order valence-electron chi connectivity index (χ4n) is 4.00. The second-order valence-corrected chi connectivity index (χ2v) is 8.43. The van der Waals surface area contributed by atoms with E-state index < -0.39 is 0 Å². The number of piperazine rings is 1. The maximum Gasteiger partial charge on any atom is 0.248 e. The lowest BCUT2D eigenvalue weighted by Gasteiger charge is -2.33. The summed E-state index contributed by atoms with van der Waals surface area (Å²) >= 11 is 0. The van der Waals surface area contributed by atoms with E-state index in [0.29, 0.717) is 28.4 Å². The van der Waals surface area contributed by atoms with Gasteiger partial charge in [0.25, 0.3) is 0 Å². The van der Waals surface area contributed by atoms with Crippen LogP contribution in [0.1, 0.15) is 5.56 Å². The van der Waals surface area contributed by atoms with E-state index in [0.717, 1.165) is 43.1 Å². The fourth-order valence-corrected chi connectivity index (χ4v) is 4.00. The molecule has 1 N–H and O–H groups in total. The number of carbonyl (C=O) groups excluding carboxylic acids is 1. The highest BCUT2D eigenvalue weighted by molar-refractivity contribution is 5.98. The number of ether oxygens (including phenoxy) is 1. The molecule has 1 fully saturated rings. The van der Waals surface area contributed by atoms with Crippen molar-refractivity contribution in [2.75, 3.05) is 43.4 Å². The van der Waals surface area contributed by atoms with Crippen molar-refractivity contribution in [3.8, 4) is 28.7 Å². The number of hydrogen-bond acceptors (Lipinski definition) is 8. The van der Waals surface area contributed by atoms with E-state index in [1.165, 1.54) is 18.5 Å². The highest BCUT2D eigenvalue weighted by Gasteiger charge is 2.17. The van der Waals surface area contributed by atoms with E-state index in [2.05, 4.69) is 44.9 Å². The van der Waals surface area contributed by atoms with Crippen molar-refractivity contribution in [3.63, 3.8) is 0 Å². The van der Waals surface area contributed by atoms with Gasteiger partial charge in [-0.1, -0.05) is 6.58 Å². The van der Waals surface area contributed by atoms with Crippen LogP contribution in [0.15, 0.2) is 67.8 Å². The normalized spacial score (nSPS) is 13.8. The monoisotopic (exact) mass is 480 g/mol. The summed E-state index contributed by atoms with van der Waals surface area (Å²) in [6.07, 6.45) is 7.86. The van der Waals surface area contributed by atoms with Crippen molar-refractivity contribution >= 4 is 23.1 Å². The molecule has 0 aliphatic carbocycles. The van der Waals surface area contributed by atoms with Crippen LogP contribution < -0.4 is 15.0 Å². The van der Waals surface area contributed by atoms with Gasteiger partial charge in [-0.15, -0.1) is 0 Å². The lowest BCUT2D eigenvalue weighted by atomic mass is 10.1. The number of amides is 1. The van der Waals surface area contributed by atoms with E-state index in [1.807, 2.05) is 30.6 Å². The average molecular weight is 481 g/mol. The first kappa shape index (κ1) is 23.0. The van der Waals surface area contributed by atoms with Crippen molar-refractivity contribution in [2.24, 2.45) is 0 Å². The van der Waals surface area contributed by atoms with E-state index in [-0.39, 0.29) is 5.91 Å². The van der Waals surface area contributed by atoms with Gasteiger partial charge in [0.15, 0.2) is 5.75 Å². The maximum atomic E-state index is 11.5. The van der Waals surface area contributed by atoms with Crippen LogP contribution >= 0.6 is 0 Å². The molecule has 4 aromatic rings. The third-order valence-corrected chi connectivity index (χ3v) is 6.01. The van der Waals surface area contributed by atoms with Gasteiger partial charge in [-0.25, -0.2) is 14.5 Å². The predicted octanol–water partition coefficient (Wildman–Crippen LogP) is 3.33. The quantitative estimate of drug-likeness (QED) is 0.418. The van der Waals surface area contributed by atoms with Crippen LogP contribution in [0, 0.1) is 11.3 Å². The molecule has 1 aliphatic heterocycles. The van der Waals surface area contributed by atoms with E-state index in [9.17, 15) is 10.1 Å². The summed E-state index contributed by atoms with van der Waals surface area (Å²) in [6.45, 7) is 7.34. The molecule has 0 radical (unpaired) electrons. The van der Waals surface area contributed by atoms with E-state index >= 15 is 0 Å². The largest absolute Gasteiger partial charge is 0.453 e. The van der Waals surface area contributed by atoms with Gasteiger partial charge in [-0.3, -0.25) is 4.79 Å². The van der Waals surface area contributed by atoms with Crippen molar-refractivity contribution in [1.29, 1.82) is 5.26 Å². The molecule has 0 aromatic carbocycles. The summed E-state index contributed by atoms with van der Waals surface area (Å²) in [5.41, 5.74) is 2.68. The number of fused-ring (bicyclic) bond motifs is 1. The topological polar surface area (TPSA) is 112 Å². The number of carbonyl (C=O) groups is 1. The van der Waals surface area contributed by atoms with Crippen molar-refractivity contribution in [1.82, 2.24) is 24.5 Å². The second-order valence-electron chi connectivity index (χ2n) is 8.43. The predicted molar refractivity (Wildman–Crippen MR) is 136 cm³/mol. The average Bonchev–Trinajstić information content (AvgIpc) is 3.34. The Morgan fingerprint density at radius 2 is 1.94 bits per heavy atom. The Hall–Kier alpha value is -4.75. The molecule has 0 saturated carbocycles. The Kier molecular flexibility index (Phi) is 6.30. The third-order valence-electron chi connectivity index (χ3n) is 6.01. The first-order valence-electron chi connectivity index (χ1n) is 11.4. The number of nitrogens with zero attached hydrogens (tertiary/aromatic N) is 7.